The monoisotopic (exact) mass is 278 g/mol. The molecule has 0 fully saturated rings. The zero-order chi connectivity index (χ0) is 14.2. The van der Waals surface area contributed by atoms with Crippen LogP contribution in [-0.4, -0.2) is 20.7 Å². The van der Waals surface area contributed by atoms with Crippen molar-refractivity contribution in [3.8, 4) is 0 Å². The van der Waals surface area contributed by atoms with Crippen LogP contribution >= 0.6 is 11.6 Å². The van der Waals surface area contributed by atoms with Crippen LogP contribution in [0.1, 0.15) is 27.4 Å². The summed E-state index contributed by atoms with van der Waals surface area (Å²) in [6.45, 7) is 5.55. The van der Waals surface area contributed by atoms with Gasteiger partial charge in [-0.25, -0.2) is 4.98 Å². The van der Waals surface area contributed by atoms with Crippen molar-refractivity contribution in [2.75, 3.05) is 5.32 Å². The molecule has 19 heavy (non-hydrogen) atoms. The van der Waals surface area contributed by atoms with Gasteiger partial charge in [-0.3, -0.25) is 9.48 Å². The second-order valence-corrected chi connectivity index (χ2v) is 4.83. The number of aryl methyl sites for hydroxylation is 3. The summed E-state index contributed by atoms with van der Waals surface area (Å²) in [5, 5.41) is 7.43. The Morgan fingerprint density at radius 2 is 2.00 bits per heavy atom. The maximum Gasteiger partial charge on any atom is 0.255 e. The number of hydrogen-bond donors (Lipinski definition) is 1. The van der Waals surface area contributed by atoms with Crippen LogP contribution in [0.15, 0.2) is 12.1 Å². The average molecular weight is 279 g/mol. The molecule has 2 heterocycles. The number of carbonyl (C=O) groups is 1. The first-order valence-electron chi connectivity index (χ1n) is 5.84. The molecule has 1 amide bonds. The zero-order valence-corrected chi connectivity index (χ0v) is 12.0. The summed E-state index contributed by atoms with van der Waals surface area (Å²) < 4.78 is 1.73. The molecule has 0 atom stereocenters. The minimum Gasteiger partial charge on any atom is -0.319 e. The molecule has 6 heteroatoms. The minimum absolute atomic E-state index is 0.216. The molecule has 100 valence electrons. The van der Waals surface area contributed by atoms with E-state index in [0.29, 0.717) is 16.4 Å². The third-order valence-corrected chi connectivity index (χ3v) is 3.13. The maximum atomic E-state index is 12.2. The highest BCUT2D eigenvalue weighted by atomic mass is 35.5. The van der Waals surface area contributed by atoms with Crippen LogP contribution in [0.5, 0.6) is 0 Å². The predicted octanol–water partition coefficient (Wildman–Crippen LogP) is 2.65. The summed E-state index contributed by atoms with van der Waals surface area (Å²) in [7, 11) is 1.84. The molecular formula is C13H15ClN4O. The molecular weight excluding hydrogens is 264 g/mol. The van der Waals surface area contributed by atoms with E-state index in [-0.39, 0.29) is 5.91 Å². The van der Waals surface area contributed by atoms with Crippen LogP contribution in [0.4, 0.5) is 5.69 Å². The third-order valence-electron chi connectivity index (χ3n) is 2.93. The molecule has 0 aliphatic heterocycles. The molecule has 2 rings (SSSR count). The van der Waals surface area contributed by atoms with Gasteiger partial charge in [-0.05, 0) is 32.9 Å². The Balaban J connectivity index is 2.30. The molecule has 0 aliphatic carbocycles. The topological polar surface area (TPSA) is 59.8 Å². The molecule has 2 aromatic heterocycles. The van der Waals surface area contributed by atoms with Crippen LogP contribution in [0.3, 0.4) is 0 Å². The second-order valence-electron chi connectivity index (χ2n) is 4.44. The highest BCUT2D eigenvalue weighted by molar-refractivity contribution is 6.29. The van der Waals surface area contributed by atoms with Gasteiger partial charge in [0.15, 0.2) is 0 Å². The van der Waals surface area contributed by atoms with Gasteiger partial charge in [0.25, 0.3) is 5.91 Å². The minimum atomic E-state index is -0.216. The Kier molecular flexibility index (Phi) is 3.57. The Morgan fingerprint density at radius 1 is 1.32 bits per heavy atom. The number of hydrogen-bond acceptors (Lipinski definition) is 3. The van der Waals surface area contributed by atoms with E-state index in [0.717, 1.165) is 17.1 Å². The molecule has 5 nitrogen and oxygen atoms in total. The van der Waals surface area contributed by atoms with Crippen LogP contribution in [0, 0.1) is 20.8 Å². The van der Waals surface area contributed by atoms with Gasteiger partial charge in [0.1, 0.15) is 5.15 Å². The molecule has 0 unspecified atom stereocenters. The van der Waals surface area contributed by atoms with Crippen molar-refractivity contribution in [3.63, 3.8) is 0 Å². The van der Waals surface area contributed by atoms with Crippen molar-refractivity contribution in [1.82, 2.24) is 14.8 Å². The van der Waals surface area contributed by atoms with Gasteiger partial charge >= 0.3 is 0 Å². The van der Waals surface area contributed by atoms with E-state index in [9.17, 15) is 4.79 Å². The second kappa shape index (κ2) is 5.01. The van der Waals surface area contributed by atoms with E-state index in [1.165, 1.54) is 0 Å². The number of carbonyl (C=O) groups excluding carboxylic acids is 1. The van der Waals surface area contributed by atoms with Crippen molar-refractivity contribution in [3.05, 3.63) is 39.9 Å². The fourth-order valence-corrected chi connectivity index (χ4v) is 2.15. The van der Waals surface area contributed by atoms with Crippen LogP contribution in [0.25, 0.3) is 0 Å². The molecule has 0 aromatic carbocycles. The fraction of sp³-hybridized carbons (Fsp3) is 0.308. The van der Waals surface area contributed by atoms with Gasteiger partial charge in [-0.2, -0.15) is 5.10 Å². The molecule has 2 aromatic rings. The molecule has 0 aliphatic rings. The van der Waals surface area contributed by atoms with Crippen molar-refractivity contribution in [2.24, 2.45) is 7.05 Å². The zero-order valence-electron chi connectivity index (χ0n) is 11.3. The first-order valence-corrected chi connectivity index (χ1v) is 6.22. The standard InChI is InChI=1S/C13H15ClN4O/c1-7-5-10(6-11(14)15-7)13(19)16-12-8(2)17-18(4)9(12)3/h5-6H,1-4H3,(H,16,19). The van der Waals surface area contributed by atoms with Crippen LogP contribution < -0.4 is 5.32 Å². The smallest absolute Gasteiger partial charge is 0.255 e. The number of rotatable bonds is 2. The van der Waals surface area contributed by atoms with Gasteiger partial charge < -0.3 is 5.32 Å². The van der Waals surface area contributed by atoms with Gasteiger partial charge in [-0.15, -0.1) is 0 Å². The number of pyridine rings is 1. The molecule has 0 radical (unpaired) electrons. The van der Waals surface area contributed by atoms with E-state index >= 15 is 0 Å². The summed E-state index contributed by atoms with van der Waals surface area (Å²) >= 11 is 5.86. The summed E-state index contributed by atoms with van der Waals surface area (Å²) in [6.07, 6.45) is 0. The van der Waals surface area contributed by atoms with Crippen molar-refractivity contribution >= 4 is 23.2 Å². The summed E-state index contributed by atoms with van der Waals surface area (Å²) in [5.74, 6) is -0.216. The number of nitrogens with one attached hydrogen (secondary N) is 1. The van der Waals surface area contributed by atoms with E-state index in [4.69, 9.17) is 11.6 Å². The van der Waals surface area contributed by atoms with E-state index in [1.54, 1.807) is 23.7 Å². The highest BCUT2D eigenvalue weighted by Crippen LogP contribution is 2.20. The molecule has 0 saturated carbocycles. The highest BCUT2D eigenvalue weighted by Gasteiger charge is 2.14. The molecule has 0 bridgehead atoms. The van der Waals surface area contributed by atoms with E-state index in [1.807, 2.05) is 20.9 Å². The quantitative estimate of drug-likeness (QED) is 0.859. The SMILES string of the molecule is Cc1cc(C(=O)Nc2c(C)nn(C)c2C)cc(Cl)n1. The lowest BCUT2D eigenvalue weighted by Gasteiger charge is -2.06. The number of nitrogens with zero attached hydrogens (tertiary/aromatic N) is 3. The fourth-order valence-electron chi connectivity index (χ4n) is 1.90. The molecule has 1 N–H and O–H groups in total. The Morgan fingerprint density at radius 3 is 2.53 bits per heavy atom. The van der Waals surface area contributed by atoms with Crippen LogP contribution in [0.2, 0.25) is 5.15 Å². The van der Waals surface area contributed by atoms with Gasteiger partial charge in [0, 0.05) is 18.3 Å². The van der Waals surface area contributed by atoms with E-state index < -0.39 is 0 Å². The third kappa shape index (κ3) is 2.76. The Bertz CT molecular complexity index is 628. The summed E-state index contributed by atoms with van der Waals surface area (Å²) in [6, 6.07) is 3.24. The van der Waals surface area contributed by atoms with E-state index in [2.05, 4.69) is 15.4 Å². The lowest BCUT2D eigenvalue weighted by molar-refractivity contribution is 0.102. The summed E-state index contributed by atoms with van der Waals surface area (Å²) in [5.41, 5.74) is 3.61. The Labute approximate surface area is 116 Å². The number of anilines is 1. The largest absolute Gasteiger partial charge is 0.319 e. The molecule has 0 saturated heterocycles. The lowest BCUT2D eigenvalue weighted by atomic mass is 10.2. The summed E-state index contributed by atoms with van der Waals surface area (Å²) in [4.78, 5) is 16.2. The Hall–Kier alpha value is -1.88. The first kappa shape index (κ1) is 13.5. The maximum absolute atomic E-state index is 12.2. The number of aromatic nitrogens is 3. The normalized spacial score (nSPS) is 10.6. The molecule has 0 spiro atoms. The van der Waals surface area contributed by atoms with Gasteiger partial charge in [0.05, 0.1) is 17.1 Å². The number of amides is 1. The first-order chi connectivity index (χ1) is 8.88. The van der Waals surface area contributed by atoms with Gasteiger partial charge in [0.2, 0.25) is 0 Å². The average Bonchev–Trinajstić information content (AvgIpc) is 2.54. The van der Waals surface area contributed by atoms with Crippen LogP contribution in [-0.2, 0) is 7.05 Å². The van der Waals surface area contributed by atoms with Gasteiger partial charge in [-0.1, -0.05) is 11.6 Å². The van der Waals surface area contributed by atoms with Crippen molar-refractivity contribution in [2.45, 2.75) is 20.8 Å². The predicted molar refractivity (Wildman–Crippen MR) is 74.6 cm³/mol. The van der Waals surface area contributed by atoms with Crippen molar-refractivity contribution < 1.29 is 4.79 Å². The number of halogens is 1. The lowest BCUT2D eigenvalue weighted by Crippen LogP contribution is -2.13. The van der Waals surface area contributed by atoms with Crippen molar-refractivity contribution in [1.29, 1.82) is 0 Å².